The maximum atomic E-state index is 9.43. The van der Waals surface area contributed by atoms with Gasteiger partial charge in [0.2, 0.25) is 0 Å². The number of aliphatic hydroxyl groups excluding tert-OH is 1. The fourth-order valence-electron chi connectivity index (χ4n) is 3.38. The first-order valence-corrected chi connectivity index (χ1v) is 7.69. The molecule has 2 nitrogen and oxygen atoms in total. The monoisotopic (exact) mass is 281 g/mol. The van der Waals surface area contributed by atoms with Gasteiger partial charge in [-0.1, -0.05) is 55.0 Å². The molecule has 2 N–H and O–H groups in total. The van der Waals surface area contributed by atoms with Gasteiger partial charge in [0.15, 0.2) is 0 Å². The summed E-state index contributed by atoms with van der Waals surface area (Å²) in [6.45, 7) is 5.37. The molecule has 0 fully saturated rings. The van der Waals surface area contributed by atoms with E-state index in [1.807, 2.05) is 18.2 Å². The maximum absolute atomic E-state index is 9.43. The van der Waals surface area contributed by atoms with Gasteiger partial charge in [-0.15, -0.1) is 0 Å². The first kappa shape index (κ1) is 14.3. The molecule has 2 aromatic carbocycles. The number of hydrogen-bond donors (Lipinski definition) is 2. The van der Waals surface area contributed by atoms with E-state index in [2.05, 4.69) is 43.4 Å². The highest BCUT2D eigenvalue weighted by molar-refractivity contribution is 5.39. The summed E-state index contributed by atoms with van der Waals surface area (Å²) in [4.78, 5) is 0. The van der Waals surface area contributed by atoms with E-state index < -0.39 is 0 Å². The Balaban J connectivity index is 1.78. The highest BCUT2D eigenvalue weighted by atomic mass is 16.3. The van der Waals surface area contributed by atoms with Crippen LogP contribution in [-0.4, -0.2) is 5.11 Å². The smallest absolute Gasteiger partial charge is 0.0685 e. The molecule has 2 aromatic rings. The molecule has 0 aliphatic heterocycles. The molecule has 0 heterocycles. The first-order chi connectivity index (χ1) is 10.2. The van der Waals surface area contributed by atoms with Crippen molar-refractivity contribution in [3.05, 3.63) is 70.3 Å². The second kappa shape index (κ2) is 6.00. The van der Waals surface area contributed by atoms with Crippen molar-refractivity contribution >= 4 is 0 Å². The number of aryl methyl sites for hydroxylation is 1. The molecule has 1 aliphatic rings. The van der Waals surface area contributed by atoms with E-state index in [9.17, 15) is 5.11 Å². The summed E-state index contributed by atoms with van der Waals surface area (Å²) >= 11 is 0. The minimum Gasteiger partial charge on any atom is -0.392 e. The second-order valence-electron chi connectivity index (χ2n) is 6.17. The van der Waals surface area contributed by atoms with Crippen LogP contribution in [0, 0.1) is 12.8 Å². The molecule has 0 aromatic heterocycles. The zero-order chi connectivity index (χ0) is 14.8. The summed E-state index contributed by atoms with van der Waals surface area (Å²) in [7, 11) is 0. The molecule has 0 amide bonds. The molecule has 3 rings (SSSR count). The van der Waals surface area contributed by atoms with Crippen molar-refractivity contribution in [2.45, 2.75) is 39.5 Å². The molecule has 1 aliphatic carbocycles. The third-order valence-corrected chi connectivity index (χ3v) is 4.55. The molecule has 2 atom stereocenters. The van der Waals surface area contributed by atoms with Gasteiger partial charge in [0.25, 0.3) is 0 Å². The van der Waals surface area contributed by atoms with Crippen molar-refractivity contribution < 1.29 is 5.11 Å². The molecule has 0 radical (unpaired) electrons. The van der Waals surface area contributed by atoms with Crippen molar-refractivity contribution in [2.75, 3.05) is 0 Å². The zero-order valence-electron chi connectivity index (χ0n) is 12.8. The lowest BCUT2D eigenvalue weighted by Gasteiger charge is -2.20. The lowest BCUT2D eigenvalue weighted by Crippen LogP contribution is -2.24. The summed E-state index contributed by atoms with van der Waals surface area (Å²) in [5.41, 5.74) is 6.45. The number of benzene rings is 2. The summed E-state index contributed by atoms with van der Waals surface area (Å²) in [5, 5.41) is 13.1. The van der Waals surface area contributed by atoms with Gasteiger partial charge < -0.3 is 10.4 Å². The summed E-state index contributed by atoms with van der Waals surface area (Å²) in [6.07, 6.45) is 1.15. The van der Waals surface area contributed by atoms with E-state index in [-0.39, 0.29) is 6.61 Å². The highest BCUT2D eigenvalue weighted by Crippen LogP contribution is 2.36. The number of nitrogens with one attached hydrogen (secondary N) is 1. The van der Waals surface area contributed by atoms with Crippen molar-refractivity contribution in [2.24, 2.45) is 5.92 Å². The Hall–Kier alpha value is -1.64. The van der Waals surface area contributed by atoms with Crippen LogP contribution in [0.4, 0.5) is 0 Å². The van der Waals surface area contributed by atoms with E-state index in [1.165, 1.54) is 22.3 Å². The van der Waals surface area contributed by atoms with Crippen LogP contribution in [0.5, 0.6) is 0 Å². The summed E-state index contributed by atoms with van der Waals surface area (Å²) in [6, 6.07) is 15.3. The number of hydrogen-bond acceptors (Lipinski definition) is 2. The SMILES string of the molecule is Cc1ccc2c(c1)C(NCc1ccccc1CO)C(C)C2. The van der Waals surface area contributed by atoms with Gasteiger partial charge in [0.05, 0.1) is 6.61 Å². The van der Waals surface area contributed by atoms with Crippen LogP contribution in [-0.2, 0) is 19.6 Å². The van der Waals surface area contributed by atoms with Gasteiger partial charge in [-0.25, -0.2) is 0 Å². The average molecular weight is 281 g/mol. The minimum absolute atomic E-state index is 0.105. The van der Waals surface area contributed by atoms with Crippen LogP contribution in [0.2, 0.25) is 0 Å². The van der Waals surface area contributed by atoms with Gasteiger partial charge in [-0.3, -0.25) is 0 Å². The van der Waals surface area contributed by atoms with Gasteiger partial charge in [0.1, 0.15) is 0 Å². The van der Waals surface area contributed by atoms with Crippen LogP contribution >= 0.6 is 0 Å². The Morgan fingerprint density at radius 1 is 1.14 bits per heavy atom. The topological polar surface area (TPSA) is 32.3 Å². The lowest BCUT2D eigenvalue weighted by molar-refractivity contribution is 0.280. The predicted octanol–water partition coefficient (Wildman–Crippen LogP) is 3.51. The molecular weight excluding hydrogens is 258 g/mol. The molecule has 0 saturated heterocycles. The maximum Gasteiger partial charge on any atom is 0.0685 e. The second-order valence-corrected chi connectivity index (χ2v) is 6.17. The fraction of sp³-hybridized carbons (Fsp3) is 0.368. The molecule has 2 heteroatoms. The van der Waals surface area contributed by atoms with E-state index in [4.69, 9.17) is 0 Å². The van der Waals surface area contributed by atoms with Crippen molar-refractivity contribution in [3.63, 3.8) is 0 Å². The van der Waals surface area contributed by atoms with Gasteiger partial charge in [-0.05, 0) is 41.5 Å². The molecular formula is C19H23NO. The van der Waals surface area contributed by atoms with E-state index in [0.717, 1.165) is 18.5 Å². The van der Waals surface area contributed by atoms with E-state index in [0.29, 0.717) is 12.0 Å². The van der Waals surface area contributed by atoms with Gasteiger partial charge >= 0.3 is 0 Å². The molecule has 21 heavy (non-hydrogen) atoms. The standard InChI is InChI=1S/C19H23NO/c1-13-7-8-15-10-14(2)19(18(15)9-13)20-11-16-5-3-4-6-17(16)12-21/h3-9,14,19-21H,10-12H2,1-2H3. The third-order valence-electron chi connectivity index (χ3n) is 4.55. The lowest BCUT2D eigenvalue weighted by atomic mass is 10.0. The predicted molar refractivity (Wildman–Crippen MR) is 86.0 cm³/mol. The van der Waals surface area contributed by atoms with Crippen LogP contribution in [0.1, 0.15) is 40.8 Å². The molecule has 0 bridgehead atoms. The van der Waals surface area contributed by atoms with Crippen LogP contribution < -0.4 is 5.32 Å². The Labute approximate surface area is 126 Å². The van der Waals surface area contributed by atoms with E-state index >= 15 is 0 Å². The molecule has 2 unspecified atom stereocenters. The largest absolute Gasteiger partial charge is 0.392 e. The van der Waals surface area contributed by atoms with Crippen molar-refractivity contribution in [1.29, 1.82) is 0 Å². The van der Waals surface area contributed by atoms with Crippen molar-refractivity contribution in [3.8, 4) is 0 Å². The fourth-order valence-corrected chi connectivity index (χ4v) is 3.38. The normalized spacial score (nSPS) is 20.5. The Kier molecular flexibility index (Phi) is 4.09. The summed E-state index contributed by atoms with van der Waals surface area (Å²) in [5.74, 6) is 0.614. The average Bonchev–Trinajstić information content (AvgIpc) is 2.80. The molecule has 110 valence electrons. The van der Waals surface area contributed by atoms with Crippen LogP contribution in [0.3, 0.4) is 0 Å². The Morgan fingerprint density at radius 3 is 2.67 bits per heavy atom. The van der Waals surface area contributed by atoms with Gasteiger partial charge in [-0.2, -0.15) is 0 Å². The quantitative estimate of drug-likeness (QED) is 0.899. The zero-order valence-corrected chi connectivity index (χ0v) is 12.8. The van der Waals surface area contributed by atoms with Crippen LogP contribution in [0.25, 0.3) is 0 Å². The first-order valence-electron chi connectivity index (χ1n) is 7.69. The number of fused-ring (bicyclic) bond motifs is 1. The third kappa shape index (κ3) is 2.87. The van der Waals surface area contributed by atoms with Crippen LogP contribution in [0.15, 0.2) is 42.5 Å². The Morgan fingerprint density at radius 2 is 1.90 bits per heavy atom. The van der Waals surface area contributed by atoms with E-state index in [1.54, 1.807) is 0 Å². The summed E-state index contributed by atoms with van der Waals surface area (Å²) < 4.78 is 0. The minimum atomic E-state index is 0.105. The number of rotatable bonds is 4. The highest BCUT2D eigenvalue weighted by Gasteiger charge is 2.28. The molecule has 0 spiro atoms. The Bertz CT molecular complexity index is 635. The van der Waals surface area contributed by atoms with Gasteiger partial charge in [0, 0.05) is 12.6 Å². The van der Waals surface area contributed by atoms with Crippen molar-refractivity contribution in [1.82, 2.24) is 5.32 Å². The molecule has 0 saturated carbocycles. The number of aliphatic hydroxyl groups is 1.